The van der Waals surface area contributed by atoms with Gasteiger partial charge in [0.1, 0.15) is 0 Å². The highest BCUT2D eigenvalue weighted by Crippen LogP contribution is 2.22. The Morgan fingerprint density at radius 2 is 1.71 bits per heavy atom. The Kier molecular flexibility index (Phi) is 3.95. The van der Waals surface area contributed by atoms with Crippen molar-refractivity contribution in [2.45, 2.75) is 18.9 Å². The number of benzene rings is 2. The van der Waals surface area contributed by atoms with Crippen molar-refractivity contribution in [3.8, 4) is 0 Å². The zero-order valence-corrected chi connectivity index (χ0v) is 13.5. The van der Waals surface area contributed by atoms with Crippen molar-refractivity contribution in [1.82, 2.24) is 9.88 Å². The van der Waals surface area contributed by atoms with E-state index < -0.39 is 0 Å². The molecule has 0 atom stereocenters. The lowest BCUT2D eigenvalue weighted by Crippen LogP contribution is -2.42. The molecule has 2 aromatic carbocycles. The smallest absolute Gasteiger partial charge is 0.256 e. The zero-order valence-electron chi connectivity index (χ0n) is 13.5. The van der Waals surface area contributed by atoms with Gasteiger partial charge in [0.2, 0.25) is 0 Å². The molecule has 1 aliphatic rings. The van der Waals surface area contributed by atoms with Crippen molar-refractivity contribution >= 4 is 22.5 Å². The Labute approximate surface area is 141 Å². The monoisotopic (exact) mass is 319 g/mol. The Hall–Kier alpha value is -2.75. The van der Waals surface area contributed by atoms with Crippen LogP contribution in [0.4, 0.5) is 5.69 Å². The fourth-order valence-electron chi connectivity index (χ4n) is 3.42. The normalized spacial score (nSPS) is 15.6. The number of aromatic amines is 1. The number of aromatic nitrogens is 1. The highest BCUT2D eigenvalue weighted by molar-refractivity contribution is 6.06. The third kappa shape index (κ3) is 2.87. The largest absolute Gasteiger partial charge is 0.382 e. The lowest BCUT2D eigenvalue weighted by Gasteiger charge is -2.32. The summed E-state index contributed by atoms with van der Waals surface area (Å²) in [6.45, 7) is 1.59. The summed E-state index contributed by atoms with van der Waals surface area (Å²) in [4.78, 5) is 18.0. The minimum atomic E-state index is 0.130. The molecule has 1 amide bonds. The van der Waals surface area contributed by atoms with E-state index >= 15 is 0 Å². The number of nitrogens with zero attached hydrogens (tertiary/aromatic N) is 1. The number of para-hydroxylation sites is 2. The van der Waals surface area contributed by atoms with Gasteiger partial charge in [0.15, 0.2) is 0 Å². The summed E-state index contributed by atoms with van der Waals surface area (Å²) in [6, 6.07) is 18.7. The Balaban J connectivity index is 1.41. The van der Waals surface area contributed by atoms with E-state index in [-0.39, 0.29) is 5.91 Å². The highest BCUT2D eigenvalue weighted by atomic mass is 16.2. The van der Waals surface area contributed by atoms with Crippen LogP contribution in [-0.4, -0.2) is 34.9 Å². The van der Waals surface area contributed by atoms with Gasteiger partial charge in [-0.1, -0.05) is 36.4 Å². The fraction of sp³-hybridized carbons (Fsp3) is 0.250. The first-order valence-corrected chi connectivity index (χ1v) is 8.48. The molecule has 2 N–H and O–H groups in total. The summed E-state index contributed by atoms with van der Waals surface area (Å²) in [6.07, 6.45) is 3.79. The van der Waals surface area contributed by atoms with Crippen LogP contribution in [0.15, 0.2) is 60.8 Å². The predicted molar refractivity (Wildman–Crippen MR) is 97.3 cm³/mol. The van der Waals surface area contributed by atoms with Crippen LogP contribution in [-0.2, 0) is 0 Å². The summed E-state index contributed by atoms with van der Waals surface area (Å²) < 4.78 is 0. The molecule has 2 heterocycles. The third-order valence-electron chi connectivity index (χ3n) is 4.75. The molecule has 0 unspecified atom stereocenters. The number of amides is 1. The van der Waals surface area contributed by atoms with Crippen LogP contribution >= 0.6 is 0 Å². The molecular weight excluding hydrogens is 298 g/mol. The average molecular weight is 319 g/mol. The van der Waals surface area contributed by atoms with Gasteiger partial charge in [-0.25, -0.2) is 0 Å². The summed E-state index contributed by atoms with van der Waals surface area (Å²) in [5.41, 5.74) is 2.94. The number of carbonyl (C=O) groups is 1. The maximum atomic E-state index is 12.8. The zero-order chi connectivity index (χ0) is 16.4. The van der Waals surface area contributed by atoms with Gasteiger partial charge in [0, 0.05) is 41.9 Å². The molecule has 122 valence electrons. The number of carbonyl (C=O) groups excluding carboxylic acids is 1. The molecular formula is C20H21N3O. The average Bonchev–Trinajstić information content (AvgIpc) is 3.07. The van der Waals surface area contributed by atoms with Crippen molar-refractivity contribution in [1.29, 1.82) is 0 Å². The lowest BCUT2D eigenvalue weighted by molar-refractivity contribution is 0.0720. The molecule has 0 bridgehead atoms. The fourth-order valence-corrected chi connectivity index (χ4v) is 3.42. The molecule has 1 aromatic heterocycles. The van der Waals surface area contributed by atoms with Crippen molar-refractivity contribution in [3.05, 3.63) is 66.4 Å². The Bertz CT molecular complexity index is 832. The summed E-state index contributed by atoms with van der Waals surface area (Å²) >= 11 is 0. The minimum Gasteiger partial charge on any atom is -0.382 e. The molecule has 0 aliphatic carbocycles. The SMILES string of the molecule is O=C(c1c[nH]c2ccccc12)N1CCC(Nc2ccccc2)CC1. The van der Waals surface area contributed by atoms with Gasteiger partial charge in [0.05, 0.1) is 5.56 Å². The van der Waals surface area contributed by atoms with Crippen LogP contribution in [0.5, 0.6) is 0 Å². The van der Waals surface area contributed by atoms with Gasteiger partial charge in [0.25, 0.3) is 5.91 Å². The number of hydrogen-bond acceptors (Lipinski definition) is 2. The topological polar surface area (TPSA) is 48.1 Å². The van der Waals surface area contributed by atoms with Crippen molar-refractivity contribution < 1.29 is 4.79 Å². The van der Waals surface area contributed by atoms with E-state index in [1.54, 1.807) is 0 Å². The summed E-state index contributed by atoms with van der Waals surface area (Å²) in [5.74, 6) is 0.130. The Morgan fingerprint density at radius 1 is 1.00 bits per heavy atom. The highest BCUT2D eigenvalue weighted by Gasteiger charge is 2.25. The van der Waals surface area contributed by atoms with E-state index in [0.717, 1.165) is 48.1 Å². The van der Waals surface area contributed by atoms with Crippen LogP contribution < -0.4 is 5.32 Å². The van der Waals surface area contributed by atoms with E-state index in [1.807, 2.05) is 53.6 Å². The molecule has 1 saturated heterocycles. The lowest BCUT2D eigenvalue weighted by atomic mass is 10.0. The molecule has 1 fully saturated rings. The van der Waals surface area contributed by atoms with Crippen molar-refractivity contribution in [2.75, 3.05) is 18.4 Å². The molecule has 0 spiro atoms. The number of nitrogens with one attached hydrogen (secondary N) is 2. The second kappa shape index (κ2) is 6.40. The summed E-state index contributed by atoms with van der Waals surface area (Å²) in [5, 5.41) is 4.57. The second-order valence-corrected chi connectivity index (χ2v) is 6.32. The van der Waals surface area contributed by atoms with Crippen LogP contribution in [0.3, 0.4) is 0 Å². The number of piperidine rings is 1. The first kappa shape index (κ1) is 14.8. The second-order valence-electron chi connectivity index (χ2n) is 6.32. The molecule has 4 rings (SSSR count). The van der Waals surface area contributed by atoms with E-state index in [9.17, 15) is 4.79 Å². The van der Waals surface area contributed by atoms with Gasteiger partial charge in [-0.2, -0.15) is 0 Å². The molecule has 0 saturated carbocycles. The van der Waals surface area contributed by atoms with Gasteiger partial charge >= 0.3 is 0 Å². The third-order valence-corrected chi connectivity index (χ3v) is 4.75. The van der Waals surface area contributed by atoms with E-state index in [0.29, 0.717) is 6.04 Å². The molecule has 24 heavy (non-hydrogen) atoms. The molecule has 3 aromatic rings. The number of anilines is 1. The van der Waals surface area contributed by atoms with Gasteiger partial charge in [-0.15, -0.1) is 0 Å². The maximum absolute atomic E-state index is 12.8. The quantitative estimate of drug-likeness (QED) is 0.769. The number of fused-ring (bicyclic) bond motifs is 1. The number of hydrogen-bond donors (Lipinski definition) is 2. The minimum absolute atomic E-state index is 0.130. The standard InChI is InChI=1S/C20H21N3O/c24-20(18-14-21-19-9-5-4-8-17(18)19)23-12-10-16(11-13-23)22-15-6-2-1-3-7-15/h1-9,14,16,21-22H,10-13H2. The molecule has 4 nitrogen and oxygen atoms in total. The van der Waals surface area contributed by atoms with Crippen LogP contribution in [0, 0.1) is 0 Å². The van der Waals surface area contributed by atoms with E-state index in [2.05, 4.69) is 22.4 Å². The van der Waals surface area contributed by atoms with Gasteiger partial charge in [-0.3, -0.25) is 4.79 Å². The van der Waals surface area contributed by atoms with Gasteiger partial charge < -0.3 is 15.2 Å². The number of H-pyrrole nitrogens is 1. The van der Waals surface area contributed by atoms with Gasteiger partial charge in [-0.05, 0) is 31.0 Å². The molecule has 4 heteroatoms. The number of rotatable bonds is 3. The van der Waals surface area contributed by atoms with Crippen molar-refractivity contribution in [3.63, 3.8) is 0 Å². The maximum Gasteiger partial charge on any atom is 0.256 e. The first-order chi connectivity index (χ1) is 11.8. The van der Waals surface area contributed by atoms with E-state index in [1.165, 1.54) is 0 Å². The van der Waals surface area contributed by atoms with Crippen LogP contribution in [0.2, 0.25) is 0 Å². The van der Waals surface area contributed by atoms with E-state index in [4.69, 9.17) is 0 Å². The van der Waals surface area contributed by atoms with Crippen LogP contribution in [0.25, 0.3) is 10.9 Å². The summed E-state index contributed by atoms with van der Waals surface area (Å²) in [7, 11) is 0. The Morgan fingerprint density at radius 3 is 2.50 bits per heavy atom. The molecule has 0 radical (unpaired) electrons. The predicted octanol–water partition coefficient (Wildman–Crippen LogP) is 3.88. The molecule has 1 aliphatic heterocycles. The van der Waals surface area contributed by atoms with Crippen molar-refractivity contribution in [2.24, 2.45) is 0 Å². The number of likely N-dealkylation sites (tertiary alicyclic amines) is 1. The van der Waals surface area contributed by atoms with Crippen LogP contribution in [0.1, 0.15) is 23.2 Å². The first-order valence-electron chi connectivity index (χ1n) is 8.48.